The molecule has 3 aromatic rings. The van der Waals surface area contributed by atoms with Crippen LogP contribution in [0.4, 0.5) is 5.95 Å². The fourth-order valence-electron chi connectivity index (χ4n) is 2.67. The van der Waals surface area contributed by atoms with Crippen LogP contribution in [0.5, 0.6) is 0 Å². The molecule has 0 saturated carbocycles. The maximum absolute atomic E-state index is 9.92. The molecule has 0 unspecified atom stereocenters. The molecule has 3 heterocycles. The molecule has 0 aliphatic carbocycles. The number of anilines is 1. The first-order valence-electron chi connectivity index (χ1n) is 8.25. The molecule has 3 aromatic heterocycles. The SMILES string of the molecule is Cc1cnc(Cn2cc(C#CC(C)(C)O)c3c(Cl)nc(N)nc32)c(C)c1I. The van der Waals surface area contributed by atoms with Crippen LogP contribution in [-0.4, -0.2) is 30.2 Å². The summed E-state index contributed by atoms with van der Waals surface area (Å²) in [5, 5.41) is 10.8. The van der Waals surface area contributed by atoms with Crippen LogP contribution in [0.2, 0.25) is 5.15 Å². The molecule has 0 amide bonds. The van der Waals surface area contributed by atoms with Gasteiger partial charge in [0.1, 0.15) is 16.4 Å². The molecule has 3 N–H and O–H groups in total. The quantitative estimate of drug-likeness (QED) is 0.323. The summed E-state index contributed by atoms with van der Waals surface area (Å²) < 4.78 is 3.09. The molecule has 140 valence electrons. The second-order valence-electron chi connectivity index (χ2n) is 6.88. The van der Waals surface area contributed by atoms with Gasteiger partial charge in [-0.05, 0) is 61.4 Å². The van der Waals surface area contributed by atoms with Crippen LogP contribution < -0.4 is 5.73 Å². The second-order valence-corrected chi connectivity index (χ2v) is 8.31. The van der Waals surface area contributed by atoms with Crippen LogP contribution in [0.1, 0.15) is 36.2 Å². The molecule has 0 bridgehead atoms. The van der Waals surface area contributed by atoms with Crippen molar-refractivity contribution < 1.29 is 5.11 Å². The van der Waals surface area contributed by atoms with Crippen molar-refractivity contribution in [1.29, 1.82) is 0 Å². The molecule has 0 saturated heterocycles. The zero-order valence-corrected chi connectivity index (χ0v) is 18.3. The molecule has 0 spiro atoms. The number of halogens is 2. The zero-order valence-electron chi connectivity index (χ0n) is 15.4. The Labute approximate surface area is 176 Å². The molecular formula is C19H19ClIN5O. The molecule has 0 radical (unpaired) electrons. The molecule has 8 heteroatoms. The van der Waals surface area contributed by atoms with E-state index in [1.165, 1.54) is 3.57 Å². The number of aromatic nitrogens is 4. The standard InChI is InChI=1S/C19H19ClIN5O/c1-10-7-23-13(11(2)15(10)21)9-26-8-12(5-6-19(3,4)27)14-16(20)24-18(22)25-17(14)26/h7-8,27H,9H2,1-4H3,(H2,22,24,25). The fraction of sp³-hybridized carbons (Fsp3) is 0.316. The van der Waals surface area contributed by atoms with Gasteiger partial charge in [-0.2, -0.15) is 4.98 Å². The Bertz CT molecular complexity index is 1110. The lowest BCUT2D eigenvalue weighted by atomic mass is 10.1. The van der Waals surface area contributed by atoms with Gasteiger partial charge in [-0.3, -0.25) is 4.98 Å². The van der Waals surface area contributed by atoms with Gasteiger partial charge < -0.3 is 15.4 Å². The van der Waals surface area contributed by atoms with E-state index in [0.29, 0.717) is 23.1 Å². The van der Waals surface area contributed by atoms with Crippen molar-refractivity contribution in [3.8, 4) is 11.8 Å². The Morgan fingerprint density at radius 2 is 2.04 bits per heavy atom. The summed E-state index contributed by atoms with van der Waals surface area (Å²) >= 11 is 8.65. The van der Waals surface area contributed by atoms with Crippen LogP contribution in [0.3, 0.4) is 0 Å². The van der Waals surface area contributed by atoms with E-state index in [9.17, 15) is 5.11 Å². The Morgan fingerprint density at radius 1 is 1.33 bits per heavy atom. The van der Waals surface area contributed by atoms with E-state index >= 15 is 0 Å². The number of rotatable bonds is 2. The minimum absolute atomic E-state index is 0.0945. The van der Waals surface area contributed by atoms with Crippen molar-refractivity contribution in [2.75, 3.05) is 5.73 Å². The Morgan fingerprint density at radius 3 is 2.70 bits per heavy atom. The monoisotopic (exact) mass is 495 g/mol. The van der Waals surface area contributed by atoms with Gasteiger partial charge in [0.2, 0.25) is 5.95 Å². The van der Waals surface area contributed by atoms with Crippen molar-refractivity contribution in [2.45, 2.75) is 39.8 Å². The molecule has 0 atom stereocenters. The second kappa shape index (κ2) is 7.26. The lowest BCUT2D eigenvalue weighted by molar-refractivity contribution is 0.143. The van der Waals surface area contributed by atoms with Crippen LogP contribution in [0.25, 0.3) is 11.0 Å². The van der Waals surface area contributed by atoms with E-state index in [2.05, 4.69) is 49.4 Å². The topological polar surface area (TPSA) is 89.8 Å². The summed E-state index contributed by atoms with van der Waals surface area (Å²) in [6.45, 7) is 7.83. The highest BCUT2D eigenvalue weighted by atomic mass is 127. The third-order valence-electron chi connectivity index (χ3n) is 4.03. The molecule has 6 nitrogen and oxygen atoms in total. The lowest BCUT2D eigenvalue weighted by Crippen LogP contribution is -2.14. The number of pyridine rings is 1. The first kappa shape index (κ1) is 19.9. The van der Waals surface area contributed by atoms with Gasteiger partial charge in [-0.1, -0.05) is 23.4 Å². The number of nitrogen functional groups attached to an aromatic ring is 1. The van der Waals surface area contributed by atoms with Crippen molar-refractivity contribution >= 4 is 51.2 Å². The summed E-state index contributed by atoms with van der Waals surface area (Å²) in [6, 6.07) is 0. The van der Waals surface area contributed by atoms with Crippen molar-refractivity contribution in [2.24, 2.45) is 0 Å². The summed E-state index contributed by atoms with van der Waals surface area (Å²) in [4.78, 5) is 13.0. The molecule has 0 aromatic carbocycles. The van der Waals surface area contributed by atoms with Crippen LogP contribution in [-0.2, 0) is 6.54 Å². The molecule has 0 fully saturated rings. The maximum Gasteiger partial charge on any atom is 0.223 e. The number of nitrogens with zero attached hydrogens (tertiary/aromatic N) is 4. The van der Waals surface area contributed by atoms with Gasteiger partial charge in [0.05, 0.1) is 23.2 Å². The number of aryl methyl sites for hydroxylation is 1. The minimum Gasteiger partial charge on any atom is -0.378 e. The van der Waals surface area contributed by atoms with Crippen molar-refractivity contribution in [3.63, 3.8) is 0 Å². The number of hydrogen-bond donors (Lipinski definition) is 2. The van der Waals surface area contributed by atoms with Crippen LogP contribution >= 0.6 is 34.2 Å². The highest BCUT2D eigenvalue weighted by Gasteiger charge is 2.17. The Balaban J connectivity index is 2.19. The van der Waals surface area contributed by atoms with Crippen LogP contribution in [0.15, 0.2) is 12.4 Å². The predicted molar refractivity (Wildman–Crippen MR) is 116 cm³/mol. The maximum atomic E-state index is 9.92. The summed E-state index contributed by atoms with van der Waals surface area (Å²) in [6.07, 6.45) is 3.71. The van der Waals surface area contributed by atoms with Gasteiger partial charge in [0.15, 0.2) is 0 Å². The molecule has 3 rings (SSSR count). The van der Waals surface area contributed by atoms with Gasteiger partial charge >= 0.3 is 0 Å². The normalized spacial score (nSPS) is 11.5. The van der Waals surface area contributed by atoms with E-state index in [1.807, 2.05) is 30.8 Å². The smallest absolute Gasteiger partial charge is 0.223 e. The first-order valence-corrected chi connectivity index (χ1v) is 9.70. The van der Waals surface area contributed by atoms with Crippen molar-refractivity contribution in [3.05, 3.63) is 43.5 Å². The zero-order chi connectivity index (χ0) is 19.9. The third kappa shape index (κ3) is 4.18. The fourth-order valence-corrected chi connectivity index (χ4v) is 3.39. The Kier molecular flexibility index (Phi) is 5.34. The molecule has 27 heavy (non-hydrogen) atoms. The van der Waals surface area contributed by atoms with E-state index in [4.69, 9.17) is 17.3 Å². The number of fused-ring (bicyclic) bond motifs is 1. The first-order chi connectivity index (χ1) is 12.6. The van der Waals surface area contributed by atoms with E-state index in [1.54, 1.807) is 13.8 Å². The molecular weight excluding hydrogens is 477 g/mol. The van der Waals surface area contributed by atoms with Gasteiger partial charge in [-0.15, -0.1) is 0 Å². The molecule has 0 aliphatic rings. The summed E-state index contributed by atoms with van der Waals surface area (Å²) in [5.74, 6) is 5.88. The Hall–Kier alpha value is -1.89. The number of nitrogens with two attached hydrogens (primary N) is 1. The van der Waals surface area contributed by atoms with Crippen molar-refractivity contribution in [1.82, 2.24) is 19.5 Å². The lowest BCUT2D eigenvalue weighted by Gasteiger charge is -2.10. The van der Waals surface area contributed by atoms with E-state index in [0.717, 1.165) is 16.8 Å². The highest BCUT2D eigenvalue weighted by Crippen LogP contribution is 2.28. The van der Waals surface area contributed by atoms with Gasteiger partial charge in [0, 0.05) is 16.0 Å². The van der Waals surface area contributed by atoms with Gasteiger partial charge in [-0.25, -0.2) is 4.98 Å². The van der Waals surface area contributed by atoms with Gasteiger partial charge in [0.25, 0.3) is 0 Å². The predicted octanol–water partition coefficient (Wildman–Crippen LogP) is 3.45. The summed E-state index contributed by atoms with van der Waals surface area (Å²) in [5.41, 5.74) is 9.09. The third-order valence-corrected chi connectivity index (χ3v) is 5.97. The largest absolute Gasteiger partial charge is 0.378 e. The molecule has 0 aliphatic heterocycles. The minimum atomic E-state index is -1.12. The average Bonchev–Trinajstić information content (AvgIpc) is 2.91. The number of aliphatic hydroxyl groups is 1. The number of hydrogen-bond acceptors (Lipinski definition) is 5. The average molecular weight is 496 g/mol. The summed E-state index contributed by atoms with van der Waals surface area (Å²) in [7, 11) is 0. The van der Waals surface area contributed by atoms with E-state index in [-0.39, 0.29) is 11.1 Å². The highest BCUT2D eigenvalue weighted by molar-refractivity contribution is 14.1. The van der Waals surface area contributed by atoms with Crippen LogP contribution in [0, 0.1) is 29.3 Å². The van der Waals surface area contributed by atoms with E-state index < -0.39 is 5.60 Å².